The largest absolute Gasteiger partial charge is 0.396 e. The predicted molar refractivity (Wildman–Crippen MR) is 65.6 cm³/mol. The summed E-state index contributed by atoms with van der Waals surface area (Å²) in [5.41, 5.74) is 1.21. The summed E-state index contributed by atoms with van der Waals surface area (Å²) in [4.78, 5) is 0. The van der Waals surface area contributed by atoms with Crippen LogP contribution in [0.1, 0.15) is 11.5 Å². The summed E-state index contributed by atoms with van der Waals surface area (Å²) in [6.45, 7) is 1.01. The summed E-state index contributed by atoms with van der Waals surface area (Å²) in [6.07, 6.45) is 0. The van der Waals surface area contributed by atoms with Gasteiger partial charge in [-0.25, -0.2) is 0 Å². The number of aliphatic hydroxyl groups is 1. The van der Waals surface area contributed by atoms with Crippen LogP contribution < -0.4 is 5.32 Å². The lowest BCUT2D eigenvalue weighted by atomic mass is 9.99. The average Bonchev–Trinajstić information content (AvgIpc) is 2.72. The molecule has 0 bridgehead atoms. The Hall–Kier alpha value is -0.900. The van der Waals surface area contributed by atoms with Gasteiger partial charge in [0.25, 0.3) is 0 Å². The summed E-state index contributed by atoms with van der Waals surface area (Å²) in [5.74, 6) is 0.196. The van der Waals surface area contributed by atoms with E-state index >= 15 is 0 Å². The highest BCUT2D eigenvalue weighted by Crippen LogP contribution is 2.25. The molecule has 2 rings (SSSR count). The van der Waals surface area contributed by atoms with E-state index in [0.29, 0.717) is 0 Å². The van der Waals surface area contributed by atoms with Gasteiger partial charge in [-0.15, -0.1) is 11.3 Å². The van der Waals surface area contributed by atoms with Crippen molar-refractivity contribution in [2.45, 2.75) is 5.92 Å². The van der Waals surface area contributed by atoms with Gasteiger partial charge in [0.1, 0.15) is 0 Å². The van der Waals surface area contributed by atoms with Gasteiger partial charge in [-0.2, -0.15) is 0 Å². The summed E-state index contributed by atoms with van der Waals surface area (Å²) in [5, 5.41) is 15.8. The van der Waals surface area contributed by atoms with Gasteiger partial charge in [0, 0.05) is 17.2 Å². The summed E-state index contributed by atoms with van der Waals surface area (Å²) in [7, 11) is 1.91. The number of benzene rings is 1. The number of hydrogen-bond donors (Lipinski definition) is 2. The van der Waals surface area contributed by atoms with Crippen molar-refractivity contribution >= 4 is 21.4 Å². The molecule has 0 radical (unpaired) electrons. The van der Waals surface area contributed by atoms with Crippen molar-refractivity contribution in [1.29, 1.82) is 0 Å². The average molecular weight is 221 g/mol. The summed E-state index contributed by atoms with van der Waals surface area (Å²) >= 11 is 1.75. The molecule has 0 aliphatic rings. The molecule has 15 heavy (non-hydrogen) atoms. The van der Waals surface area contributed by atoms with Gasteiger partial charge in [-0.1, -0.05) is 12.1 Å². The topological polar surface area (TPSA) is 32.3 Å². The van der Waals surface area contributed by atoms with E-state index in [9.17, 15) is 5.11 Å². The number of aliphatic hydroxyl groups excluding tert-OH is 1. The zero-order valence-electron chi connectivity index (χ0n) is 8.73. The van der Waals surface area contributed by atoms with Crippen LogP contribution >= 0.6 is 11.3 Å². The van der Waals surface area contributed by atoms with Crippen molar-refractivity contribution in [3.05, 3.63) is 35.2 Å². The first-order valence-corrected chi connectivity index (χ1v) is 5.95. The quantitative estimate of drug-likeness (QED) is 0.829. The van der Waals surface area contributed by atoms with Crippen molar-refractivity contribution in [1.82, 2.24) is 5.32 Å². The lowest BCUT2D eigenvalue weighted by molar-refractivity contribution is 0.263. The fraction of sp³-hybridized carbons (Fsp3) is 0.333. The van der Waals surface area contributed by atoms with Crippen LogP contribution in [-0.2, 0) is 0 Å². The Bertz CT molecular complexity index is 438. The SMILES string of the molecule is CNCC(CO)c1ccc2ccsc2c1. The van der Waals surface area contributed by atoms with E-state index in [4.69, 9.17) is 0 Å². The molecular weight excluding hydrogens is 206 g/mol. The molecule has 1 unspecified atom stereocenters. The second kappa shape index (κ2) is 4.75. The molecule has 0 amide bonds. The van der Waals surface area contributed by atoms with E-state index < -0.39 is 0 Å². The van der Waals surface area contributed by atoms with Crippen molar-refractivity contribution in [3.63, 3.8) is 0 Å². The van der Waals surface area contributed by atoms with Crippen LogP contribution in [0.3, 0.4) is 0 Å². The van der Waals surface area contributed by atoms with E-state index in [1.54, 1.807) is 11.3 Å². The summed E-state index contributed by atoms with van der Waals surface area (Å²) in [6, 6.07) is 8.53. The van der Waals surface area contributed by atoms with Gasteiger partial charge >= 0.3 is 0 Å². The Labute approximate surface area is 93.6 Å². The molecule has 0 aliphatic heterocycles. The highest BCUT2D eigenvalue weighted by molar-refractivity contribution is 7.17. The zero-order chi connectivity index (χ0) is 10.7. The van der Waals surface area contributed by atoms with Gasteiger partial charge in [0.2, 0.25) is 0 Å². The Balaban J connectivity index is 2.33. The molecule has 2 aromatic rings. The van der Waals surface area contributed by atoms with E-state index in [0.717, 1.165) is 6.54 Å². The Morgan fingerprint density at radius 2 is 2.27 bits per heavy atom. The van der Waals surface area contributed by atoms with Crippen LogP contribution in [0.4, 0.5) is 0 Å². The number of rotatable bonds is 4. The van der Waals surface area contributed by atoms with Crippen LogP contribution in [0, 0.1) is 0 Å². The zero-order valence-corrected chi connectivity index (χ0v) is 9.55. The molecule has 2 nitrogen and oxygen atoms in total. The fourth-order valence-corrected chi connectivity index (χ4v) is 2.60. The Morgan fingerprint density at radius 1 is 1.40 bits per heavy atom. The molecule has 1 heterocycles. The molecule has 2 N–H and O–H groups in total. The Morgan fingerprint density at radius 3 is 3.00 bits per heavy atom. The summed E-state index contributed by atoms with van der Waals surface area (Å²) < 4.78 is 1.29. The van der Waals surface area contributed by atoms with Crippen molar-refractivity contribution in [2.75, 3.05) is 20.2 Å². The number of hydrogen-bond acceptors (Lipinski definition) is 3. The number of thiophene rings is 1. The molecule has 0 fully saturated rings. The highest BCUT2D eigenvalue weighted by Gasteiger charge is 2.09. The third-order valence-electron chi connectivity index (χ3n) is 2.62. The van der Waals surface area contributed by atoms with Gasteiger partial charge in [0.05, 0.1) is 6.61 Å². The van der Waals surface area contributed by atoms with Crippen LogP contribution in [0.15, 0.2) is 29.6 Å². The fourth-order valence-electron chi connectivity index (χ4n) is 1.76. The predicted octanol–water partition coefficient (Wildman–Crippen LogP) is 2.20. The molecule has 1 atom stereocenters. The molecule has 80 valence electrons. The number of nitrogens with one attached hydrogen (secondary N) is 1. The smallest absolute Gasteiger partial charge is 0.0511 e. The Kier molecular flexibility index (Phi) is 3.36. The van der Waals surface area contributed by atoms with Gasteiger partial charge in [-0.05, 0) is 35.5 Å². The standard InChI is InChI=1S/C12H15NOS/c1-13-7-11(8-14)10-3-2-9-4-5-15-12(9)6-10/h2-6,11,13-14H,7-8H2,1H3. The minimum Gasteiger partial charge on any atom is -0.396 e. The third kappa shape index (κ3) is 2.20. The first-order chi connectivity index (χ1) is 7.35. The van der Waals surface area contributed by atoms with Gasteiger partial charge in [0.15, 0.2) is 0 Å². The first-order valence-electron chi connectivity index (χ1n) is 5.07. The number of likely N-dealkylation sites (N-methyl/N-ethyl adjacent to an activating group) is 1. The minimum atomic E-state index is 0.192. The third-order valence-corrected chi connectivity index (χ3v) is 3.50. The molecule has 3 heteroatoms. The second-order valence-electron chi connectivity index (χ2n) is 3.66. The van der Waals surface area contributed by atoms with Gasteiger partial charge in [-0.3, -0.25) is 0 Å². The normalized spacial score (nSPS) is 13.2. The van der Waals surface area contributed by atoms with Crippen LogP contribution in [0.5, 0.6) is 0 Å². The molecule has 0 spiro atoms. The molecule has 0 saturated carbocycles. The van der Waals surface area contributed by atoms with Crippen LogP contribution in [0.2, 0.25) is 0 Å². The molecular formula is C12H15NOS. The second-order valence-corrected chi connectivity index (χ2v) is 4.60. The van der Waals surface area contributed by atoms with Crippen molar-refractivity contribution in [3.8, 4) is 0 Å². The molecule has 0 aliphatic carbocycles. The van der Waals surface area contributed by atoms with Crippen molar-refractivity contribution in [2.24, 2.45) is 0 Å². The van der Waals surface area contributed by atoms with E-state index in [-0.39, 0.29) is 12.5 Å². The molecule has 0 saturated heterocycles. The molecule has 1 aromatic carbocycles. The first kappa shape index (κ1) is 10.6. The minimum absolute atomic E-state index is 0.192. The van der Waals surface area contributed by atoms with Crippen molar-refractivity contribution < 1.29 is 5.11 Å². The lowest BCUT2D eigenvalue weighted by Crippen LogP contribution is -2.19. The highest BCUT2D eigenvalue weighted by atomic mass is 32.1. The lowest BCUT2D eigenvalue weighted by Gasteiger charge is -2.13. The van der Waals surface area contributed by atoms with Crippen LogP contribution in [-0.4, -0.2) is 25.3 Å². The molecule has 1 aromatic heterocycles. The van der Waals surface area contributed by atoms with E-state index in [1.165, 1.54) is 15.6 Å². The van der Waals surface area contributed by atoms with E-state index in [2.05, 4.69) is 35.0 Å². The number of fused-ring (bicyclic) bond motifs is 1. The maximum Gasteiger partial charge on any atom is 0.0511 e. The maximum atomic E-state index is 9.30. The monoisotopic (exact) mass is 221 g/mol. The maximum absolute atomic E-state index is 9.30. The van der Waals surface area contributed by atoms with Crippen LogP contribution in [0.25, 0.3) is 10.1 Å². The van der Waals surface area contributed by atoms with E-state index in [1.807, 2.05) is 7.05 Å². The van der Waals surface area contributed by atoms with Gasteiger partial charge < -0.3 is 10.4 Å².